The normalized spacial score (nSPS) is 25.8. The molecular formula is C31H42FN7O4. The van der Waals surface area contributed by atoms with E-state index in [1.165, 1.54) is 0 Å². The van der Waals surface area contributed by atoms with Gasteiger partial charge in [0, 0.05) is 38.2 Å². The summed E-state index contributed by atoms with van der Waals surface area (Å²) in [4.78, 5) is 25.4. The molecule has 0 saturated carbocycles. The molecule has 4 atom stereocenters. The number of aromatic nitrogens is 5. The lowest BCUT2D eigenvalue weighted by atomic mass is 9.65. The summed E-state index contributed by atoms with van der Waals surface area (Å²) in [6, 6.07) is 5.17. The third-order valence-corrected chi connectivity index (χ3v) is 8.70. The van der Waals surface area contributed by atoms with Crippen LogP contribution in [0.1, 0.15) is 60.3 Å². The summed E-state index contributed by atoms with van der Waals surface area (Å²) in [5, 5.41) is 8.87. The third-order valence-electron chi connectivity index (χ3n) is 8.70. The van der Waals surface area contributed by atoms with Crippen LogP contribution >= 0.6 is 0 Å². The molecule has 0 N–H and O–H groups in total. The summed E-state index contributed by atoms with van der Waals surface area (Å²) in [5.74, 6) is 1.05. The number of hydrogen-bond donors (Lipinski definition) is 0. The molecule has 3 aromatic rings. The molecule has 1 aromatic carbocycles. The summed E-state index contributed by atoms with van der Waals surface area (Å²) in [7, 11) is 3.39. The Labute approximate surface area is 252 Å². The number of imidazole rings is 1. The highest BCUT2D eigenvalue weighted by atomic mass is 19.1. The van der Waals surface area contributed by atoms with Crippen LogP contribution in [0.15, 0.2) is 43.1 Å². The number of nitrogens with zero attached hydrogens (tertiary/aromatic N) is 7. The number of rotatable bonds is 9. The van der Waals surface area contributed by atoms with Crippen molar-refractivity contribution in [3.63, 3.8) is 0 Å². The number of carbonyl (C=O) groups excluding carboxylic acids is 1. The highest BCUT2D eigenvalue weighted by Crippen LogP contribution is 2.50. The van der Waals surface area contributed by atoms with Crippen molar-refractivity contribution < 1.29 is 23.4 Å². The molecule has 0 amide bonds. The number of methoxy groups -OCH3 is 1. The summed E-state index contributed by atoms with van der Waals surface area (Å²) in [6.45, 7) is 9.71. The van der Waals surface area contributed by atoms with Gasteiger partial charge in [0.1, 0.15) is 17.5 Å². The molecule has 2 saturated heterocycles. The van der Waals surface area contributed by atoms with Gasteiger partial charge in [-0.15, -0.1) is 10.2 Å². The van der Waals surface area contributed by atoms with Crippen molar-refractivity contribution in [3.05, 3.63) is 43.1 Å². The lowest BCUT2D eigenvalue weighted by Gasteiger charge is -2.63. The van der Waals surface area contributed by atoms with Gasteiger partial charge >= 0.3 is 5.97 Å². The fourth-order valence-corrected chi connectivity index (χ4v) is 6.62. The van der Waals surface area contributed by atoms with E-state index in [9.17, 15) is 4.79 Å². The van der Waals surface area contributed by atoms with Gasteiger partial charge in [0.25, 0.3) is 0 Å². The Kier molecular flexibility index (Phi) is 8.45. The molecule has 2 bridgehead atoms. The Morgan fingerprint density at radius 3 is 2.65 bits per heavy atom. The number of anilines is 1. The van der Waals surface area contributed by atoms with E-state index in [2.05, 4.69) is 32.0 Å². The minimum atomic E-state index is -1.24. The van der Waals surface area contributed by atoms with Crippen LogP contribution in [-0.2, 0) is 14.3 Å². The maximum atomic E-state index is 16.6. The van der Waals surface area contributed by atoms with Gasteiger partial charge in [-0.3, -0.25) is 9.69 Å². The fourth-order valence-electron chi connectivity index (χ4n) is 6.62. The molecule has 12 heteroatoms. The van der Waals surface area contributed by atoms with Gasteiger partial charge in [-0.05, 0) is 72.4 Å². The lowest BCUT2D eigenvalue weighted by Crippen LogP contribution is -2.74. The summed E-state index contributed by atoms with van der Waals surface area (Å²) in [6.07, 6.45) is 8.57. The Hall–Kier alpha value is -3.64. The monoisotopic (exact) mass is 595 g/mol. The second kappa shape index (κ2) is 11.8. The van der Waals surface area contributed by atoms with Crippen LogP contribution < -0.4 is 9.64 Å². The molecule has 4 heterocycles. The zero-order valence-corrected chi connectivity index (χ0v) is 26.1. The Balaban J connectivity index is 1.37. The van der Waals surface area contributed by atoms with E-state index in [1.807, 2.05) is 68.6 Å². The first-order valence-corrected chi connectivity index (χ1v) is 14.7. The molecule has 5 rings (SSSR count). The molecule has 2 aliphatic rings. The molecule has 0 aliphatic carbocycles. The van der Waals surface area contributed by atoms with Crippen molar-refractivity contribution in [3.8, 4) is 22.8 Å². The number of halogens is 1. The van der Waals surface area contributed by atoms with E-state index < -0.39 is 23.4 Å². The molecular weight excluding hydrogens is 553 g/mol. The zero-order chi connectivity index (χ0) is 31.0. The average molecular weight is 596 g/mol. The van der Waals surface area contributed by atoms with Gasteiger partial charge in [0.2, 0.25) is 0 Å². The van der Waals surface area contributed by atoms with E-state index in [0.717, 1.165) is 18.5 Å². The van der Waals surface area contributed by atoms with Gasteiger partial charge in [-0.25, -0.2) is 14.4 Å². The van der Waals surface area contributed by atoms with Crippen LogP contribution in [0.3, 0.4) is 0 Å². The fraction of sp³-hybridized carbons (Fsp3) is 0.581. The summed E-state index contributed by atoms with van der Waals surface area (Å²) >= 11 is 0. The minimum Gasteiger partial charge on any atom is -0.467 e. The van der Waals surface area contributed by atoms with Crippen LogP contribution in [-0.4, -0.2) is 92.0 Å². The summed E-state index contributed by atoms with van der Waals surface area (Å²) in [5.41, 5.74) is -0.297. The number of fused-ring (bicyclic) bond motifs is 2. The molecule has 0 spiro atoms. The first-order chi connectivity index (χ1) is 20.3. The van der Waals surface area contributed by atoms with Crippen LogP contribution in [0.25, 0.3) is 17.1 Å². The maximum absolute atomic E-state index is 16.6. The van der Waals surface area contributed by atoms with Gasteiger partial charge in [-0.2, -0.15) is 0 Å². The molecule has 2 aliphatic heterocycles. The molecule has 11 nitrogen and oxygen atoms in total. The number of piperidine rings is 2. The topological polar surface area (TPSA) is 108 Å². The van der Waals surface area contributed by atoms with E-state index in [-0.39, 0.29) is 24.8 Å². The van der Waals surface area contributed by atoms with Crippen molar-refractivity contribution in [2.75, 3.05) is 32.4 Å². The molecule has 43 heavy (non-hydrogen) atoms. The van der Waals surface area contributed by atoms with Crippen molar-refractivity contribution in [2.45, 2.75) is 89.2 Å². The summed E-state index contributed by atoms with van der Waals surface area (Å²) < 4.78 is 35.0. The van der Waals surface area contributed by atoms with Gasteiger partial charge < -0.3 is 23.7 Å². The second-order valence-corrected chi connectivity index (χ2v) is 13.0. The number of alkyl halides is 1. The van der Waals surface area contributed by atoms with E-state index in [0.29, 0.717) is 35.8 Å². The molecule has 0 unspecified atom stereocenters. The standard InChI is InChI=1S/C31H42FN7O4/c1-29(2,3)43-26(40)18-39-30(4)11-8-12-31(39,5)27(32)23(16-30)37(6)25-17-34-28(36-35-25)22-10-9-21(38-14-13-33-19-38)15-24(22)42-20-41-7/h9-10,13-15,17,19,23,27H,8,11-12,16,18,20H2,1-7H3/t23-,27-,30-,31+/m0/s1. The Morgan fingerprint density at radius 1 is 1.21 bits per heavy atom. The van der Waals surface area contributed by atoms with Crippen LogP contribution in [0.5, 0.6) is 5.75 Å². The van der Waals surface area contributed by atoms with E-state index in [1.54, 1.807) is 25.8 Å². The number of esters is 1. The van der Waals surface area contributed by atoms with Gasteiger partial charge in [0.05, 0.1) is 41.9 Å². The molecule has 2 fully saturated rings. The third kappa shape index (κ3) is 6.21. The molecule has 232 valence electrons. The molecule has 0 radical (unpaired) electrons. The highest BCUT2D eigenvalue weighted by molar-refractivity contribution is 5.72. The van der Waals surface area contributed by atoms with Gasteiger partial charge in [-0.1, -0.05) is 0 Å². The lowest BCUT2D eigenvalue weighted by molar-refractivity contribution is -0.174. The highest BCUT2D eigenvalue weighted by Gasteiger charge is 2.59. The SMILES string of the molecule is COCOc1cc(-n2ccnc2)ccc1-c1ncc(N(C)[C@H]2C[C@]3(C)CCC[C@](C)([C@H]2F)N3CC(=O)OC(C)(C)C)nn1. The second-order valence-electron chi connectivity index (χ2n) is 13.0. The Bertz CT molecular complexity index is 1410. The number of hydrogen-bond acceptors (Lipinski definition) is 10. The van der Waals surface area contributed by atoms with Crippen molar-refractivity contribution in [1.82, 2.24) is 29.6 Å². The average Bonchev–Trinajstić information content (AvgIpc) is 3.50. The predicted molar refractivity (Wildman–Crippen MR) is 160 cm³/mol. The Morgan fingerprint density at radius 2 is 2.00 bits per heavy atom. The smallest absolute Gasteiger partial charge is 0.320 e. The largest absolute Gasteiger partial charge is 0.467 e. The van der Waals surface area contributed by atoms with Crippen molar-refractivity contribution >= 4 is 11.8 Å². The van der Waals surface area contributed by atoms with Crippen LogP contribution in [0.4, 0.5) is 10.2 Å². The van der Waals surface area contributed by atoms with E-state index >= 15 is 4.39 Å². The maximum Gasteiger partial charge on any atom is 0.320 e. The van der Waals surface area contributed by atoms with Crippen molar-refractivity contribution in [2.24, 2.45) is 0 Å². The van der Waals surface area contributed by atoms with Crippen LogP contribution in [0.2, 0.25) is 0 Å². The predicted octanol–water partition coefficient (Wildman–Crippen LogP) is 4.60. The minimum absolute atomic E-state index is 0.0523. The number of carbonyl (C=O) groups is 1. The quantitative estimate of drug-likeness (QED) is 0.257. The number of benzene rings is 1. The van der Waals surface area contributed by atoms with E-state index in [4.69, 9.17) is 14.2 Å². The zero-order valence-electron chi connectivity index (χ0n) is 26.1. The molecule has 2 aromatic heterocycles. The van der Waals surface area contributed by atoms with Crippen molar-refractivity contribution in [1.29, 1.82) is 0 Å². The first kappa shape index (κ1) is 30.8. The van der Waals surface area contributed by atoms with Crippen LogP contribution in [0, 0.1) is 0 Å². The van der Waals surface area contributed by atoms with Gasteiger partial charge in [0.15, 0.2) is 18.4 Å². The first-order valence-electron chi connectivity index (χ1n) is 14.7. The number of ether oxygens (including phenoxy) is 3.